The molecule has 0 spiro atoms. The first kappa shape index (κ1) is 12.8. The number of halogens is 1. The predicted octanol–water partition coefficient (Wildman–Crippen LogP) is 2.03. The van der Waals surface area contributed by atoms with E-state index in [1.807, 2.05) is 18.0 Å². The van der Waals surface area contributed by atoms with E-state index in [9.17, 15) is 4.79 Å². The Hall–Kier alpha value is -1.63. The van der Waals surface area contributed by atoms with Gasteiger partial charge in [-0.25, -0.2) is 14.3 Å². The van der Waals surface area contributed by atoms with Crippen LogP contribution in [0.25, 0.3) is 5.65 Å². The van der Waals surface area contributed by atoms with Crippen LogP contribution < -0.4 is 4.90 Å². The van der Waals surface area contributed by atoms with E-state index in [-0.39, 0.29) is 5.69 Å². The normalized spacial score (nSPS) is 11.2. The van der Waals surface area contributed by atoms with Crippen LogP contribution in [0.2, 0.25) is 0 Å². The van der Waals surface area contributed by atoms with Crippen LogP contribution in [-0.2, 0) is 0 Å². The monoisotopic (exact) mass is 312 g/mol. The fourth-order valence-electron chi connectivity index (χ4n) is 1.49. The van der Waals surface area contributed by atoms with Crippen molar-refractivity contribution in [3.8, 4) is 0 Å². The fourth-order valence-corrected chi connectivity index (χ4v) is 2.00. The van der Waals surface area contributed by atoms with Crippen molar-refractivity contribution in [3.05, 3.63) is 22.4 Å². The number of imidazole rings is 1. The standard InChI is InChI=1S/C11H13BrN4O2/c1-6(2)15(3)8-5-4-7-13-9(11(17)18)10(12)16(7)14-8/h4-6H,1-3H3,(H,17,18). The number of anilines is 1. The van der Waals surface area contributed by atoms with Gasteiger partial charge in [-0.3, -0.25) is 0 Å². The summed E-state index contributed by atoms with van der Waals surface area (Å²) in [6.45, 7) is 4.11. The van der Waals surface area contributed by atoms with Crippen molar-refractivity contribution in [2.75, 3.05) is 11.9 Å². The second-order valence-corrected chi connectivity index (χ2v) is 4.97. The molecule has 0 unspecified atom stereocenters. The third-order valence-corrected chi connectivity index (χ3v) is 3.46. The summed E-state index contributed by atoms with van der Waals surface area (Å²) in [4.78, 5) is 17.0. The molecule has 2 rings (SSSR count). The Morgan fingerprint density at radius 3 is 2.72 bits per heavy atom. The van der Waals surface area contributed by atoms with Crippen molar-refractivity contribution in [3.63, 3.8) is 0 Å². The Bertz CT molecular complexity index is 608. The van der Waals surface area contributed by atoms with Crippen LogP contribution in [0.15, 0.2) is 16.7 Å². The Morgan fingerprint density at radius 2 is 2.17 bits per heavy atom. The van der Waals surface area contributed by atoms with Crippen LogP contribution in [0.5, 0.6) is 0 Å². The molecule has 0 saturated heterocycles. The maximum atomic E-state index is 11.0. The number of carboxylic acids is 1. The van der Waals surface area contributed by atoms with E-state index in [1.54, 1.807) is 6.07 Å². The van der Waals surface area contributed by atoms with Gasteiger partial charge in [-0.05, 0) is 41.9 Å². The van der Waals surface area contributed by atoms with Crippen molar-refractivity contribution in [2.24, 2.45) is 0 Å². The Balaban J connectivity index is 2.58. The van der Waals surface area contributed by atoms with Gasteiger partial charge in [0.25, 0.3) is 0 Å². The molecular weight excluding hydrogens is 300 g/mol. The summed E-state index contributed by atoms with van der Waals surface area (Å²) in [5.74, 6) is -0.321. The molecule has 0 aliphatic carbocycles. The molecule has 2 aromatic rings. The van der Waals surface area contributed by atoms with E-state index in [4.69, 9.17) is 5.11 Å². The van der Waals surface area contributed by atoms with Crippen molar-refractivity contribution in [2.45, 2.75) is 19.9 Å². The minimum Gasteiger partial charge on any atom is -0.476 e. The van der Waals surface area contributed by atoms with Crippen molar-refractivity contribution < 1.29 is 9.90 Å². The van der Waals surface area contributed by atoms with Gasteiger partial charge in [0.1, 0.15) is 10.4 Å². The lowest BCUT2D eigenvalue weighted by molar-refractivity contribution is 0.0690. The summed E-state index contributed by atoms with van der Waals surface area (Å²) < 4.78 is 1.83. The molecule has 1 N–H and O–H groups in total. The number of carbonyl (C=O) groups is 1. The third-order valence-electron chi connectivity index (χ3n) is 2.75. The van der Waals surface area contributed by atoms with E-state index in [0.717, 1.165) is 5.82 Å². The van der Waals surface area contributed by atoms with Crippen LogP contribution in [0.1, 0.15) is 24.3 Å². The molecule has 2 heterocycles. The van der Waals surface area contributed by atoms with Crippen LogP contribution in [-0.4, -0.2) is 38.8 Å². The van der Waals surface area contributed by atoms with Gasteiger partial charge in [-0.1, -0.05) is 0 Å². The van der Waals surface area contributed by atoms with Gasteiger partial charge >= 0.3 is 5.97 Å². The molecule has 0 aromatic carbocycles. The SMILES string of the molecule is CC(C)N(C)c1ccc2nc(C(=O)O)c(Br)n2n1. The maximum absolute atomic E-state index is 11.0. The molecule has 96 valence electrons. The summed E-state index contributed by atoms with van der Waals surface area (Å²) in [5.41, 5.74) is 0.465. The number of carboxylic acid groups (broad SMARTS) is 1. The maximum Gasteiger partial charge on any atom is 0.357 e. The first-order valence-electron chi connectivity index (χ1n) is 5.43. The molecule has 6 nitrogen and oxygen atoms in total. The molecule has 0 atom stereocenters. The van der Waals surface area contributed by atoms with Crippen LogP contribution in [0.4, 0.5) is 5.82 Å². The number of aromatic nitrogens is 3. The minimum absolute atomic E-state index is 0.0353. The average molecular weight is 313 g/mol. The van der Waals surface area contributed by atoms with Gasteiger partial charge in [-0.2, -0.15) is 0 Å². The summed E-state index contributed by atoms with van der Waals surface area (Å²) in [6.07, 6.45) is 0. The van der Waals surface area contributed by atoms with Gasteiger partial charge in [-0.15, -0.1) is 5.10 Å². The Labute approximate surface area is 112 Å². The second-order valence-electron chi connectivity index (χ2n) is 4.22. The summed E-state index contributed by atoms with van der Waals surface area (Å²) in [6, 6.07) is 3.87. The highest BCUT2D eigenvalue weighted by molar-refractivity contribution is 9.10. The lowest BCUT2D eigenvalue weighted by Gasteiger charge is -2.22. The molecular formula is C11H13BrN4O2. The molecule has 0 aliphatic rings. The lowest BCUT2D eigenvalue weighted by atomic mass is 10.3. The lowest BCUT2D eigenvalue weighted by Crippen LogP contribution is -2.27. The molecule has 0 bridgehead atoms. The predicted molar refractivity (Wildman–Crippen MR) is 71.2 cm³/mol. The third kappa shape index (κ3) is 2.05. The van der Waals surface area contributed by atoms with Crippen molar-refractivity contribution in [1.82, 2.24) is 14.6 Å². The number of aromatic carboxylic acids is 1. The van der Waals surface area contributed by atoms with Gasteiger partial charge in [0, 0.05) is 13.1 Å². The van der Waals surface area contributed by atoms with Gasteiger partial charge < -0.3 is 10.0 Å². The quantitative estimate of drug-likeness (QED) is 0.939. The molecule has 0 aliphatic heterocycles. The molecule has 0 fully saturated rings. The van der Waals surface area contributed by atoms with Crippen LogP contribution in [0.3, 0.4) is 0 Å². The highest BCUT2D eigenvalue weighted by Gasteiger charge is 2.18. The number of hydrogen-bond donors (Lipinski definition) is 1. The first-order valence-corrected chi connectivity index (χ1v) is 6.22. The van der Waals surface area contributed by atoms with Gasteiger partial charge in [0.05, 0.1) is 0 Å². The highest BCUT2D eigenvalue weighted by atomic mass is 79.9. The fraction of sp³-hybridized carbons (Fsp3) is 0.364. The van der Waals surface area contributed by atoms with Crippen molar-refractivity contribution in [1.29, 1.82) is 0 Å². The summed E-state index contributed by atoms with van der Waals surface area (Å²) in [5, 5.41) is 13.4. The number of rotatable bonds is 3. The summed E-state index contributed by atoms with van der Waals surface area (Å²) >= 11 is 3.21. The largest absolute Gasteiger partial charge is 0.476 e. The van der Waals surface area contributed by atoms with Gasteiger partial charge in [0.15, 0.2) is 11.3 Å². The van der Waals surface area contributed by atoms with Gasteiger partial charge in [0.2, 0.25) is 0 Å². The molecule has 7 heteroatoms. The first-order chi connectivity index (χ1) is 8.41. The molecule has 18 heavy (non-hydrogen) atoms. The number of fused-ring (bicyclic) bond motifs is 1. The molecule has 0 saturated carbocycles. The molecule has 2 aromatic heterocycles. The second kappa shape index (κ2) is 4.56. The topological polar surface area (TPSA) is 70.7 Å². The number of hydrogen-bond acceptors (Lipinski definition) is 4. The summed E-state index contributed by atoms with van der Waals surface area (Å²) in [7, 11) is 1.93. The van der Waals surface area contributed by atoms with Crippen LogP contribution >= 0.6 is 15.9 Å². The van der Waals surface area contributed by atoms with Crippen LogP contribution in [0, 0.1) is 0 Å². The Morgan fingerprint density at radius 1 is 1.50 bits per heavy atom. The van der Waals surface area contributed by atoms with E-state index in [1.165, 1.54) is 4.52 Å². The Kier molecular flexibility index (Phi) is 3.25. The zero-order valence-electron chi connectivity index (χ0n) is 10.3. The molecule has 0 amide bonds. The highest BCUT2D eigenvalue weighted by Crippen LogP contribution is 2.20. The average Bonchev–Trinajstić information content (AvgIpc) is 2.65. The minimum atomic E-state index is -1.08. The van der Waals surface area contributed by atoms with E-state index < -0.39 is 5.97 Å². The zero-order chi connectivity index (χ0) is 13.4. The van der Waals surface area contributed by atoms with E-state index >= 15 is 0 Å². The molecule has 0 radical (unpaired) electrons. The van der Waals surface area contributed by atoms with E-state index in [0.29, 0.717) is 16.3 Å². The van der Waals surface area contributed by atoms with Crippen molar-refractivity contribution >= 4 is 33.4 Å². The zero-order valence-corrected chi connectivity index (χ0v) is 11.8. The number of nitrogens with zero attached hydrogens (tertiary/aromatic N) is 4. The van der Waals surface area contributed by atoms with E-state index in [2.05, 4.69) is 39.9 Å². The smallest absolute Gasteiger partial charge is 0.357 e.